The smallest absolute Gasteiger partial charge is 0.227 e. The van der Waals surface area contributed by atoms with Crippen LogP contribution in [0.5, 0.6) is 0 Å². The van der Waals surface area contributed by atoms with Gasteiger partial charge in [-0.05, 0) is 37.5 Å². The summed E-state index contributed by atoms with van der Waals surface area (Å²) in [6.45, 7) is 4.29. The average Bonchev–Trinajstić information content (AvgIpc) is 2.73. The lowest BCUT2D eigenvalue weighted by molar-refractivity contribution is -0.116. The molecule has 152 valence electrons. The second kappa shape index (κ2) is 10.4. The summed E-state index contributed by atoms with van der Waals surface area (Å²) in [6.07, 6.45) is 4.70. The van der Waals surface area contributed by atoms with Gasteiger partial charge in [-0.2, -0.15) is 0 Å². The predicted octanol–water partition coefficient (Wildman–Crippen LogP) is 3.47. The van der Waals surface area contributed by atoms with E-state index in [0.29, 0.717) is 18.8 Å². The Morgan fingerprint density at radius 3 is 2.59 bits per heavy atom. The molecular weight excluding hydrogens is 362 g/mol. The van der Waals surface area contributed by atoms with Gasteiger partial charge in [0.15, 0.2) is 5.96 Å². The third-order valence-corrected chi connectivity index (χ3v) is 4.88. The topological polar surface area (TPSA) is 69.6 Å². The first kappa shape index (κ1) is 20.6. The zero-order valence-electron chi connectivity index (χ0n) is 17.2. The molecule has 0 aliphatic carbocycles. The Kier molecular flexibility index (Phi) is 7.39. The molecule has 1 aliphatic heterocycles. The number of hydrogen-bond acceptors (Lipinski definition) is 3. The quantitative estimate of drug-likeness (QED) is 0.605. The van der Waals surface area contributed by atoms with Gasteiger partial charge in [0.1, 0.15) is 5.82 Å². The van der Waals surface area contributed by atoms with Crippen molar-refractivity contribution in [1.82, 2.24) is 15.2 Å². The predicted molar refractivity (Wildman–Crippen MR) is 119 cm³/mol. The van der Waals surface area contributed by atoms with Gasteiger partial charge in [-0.15, -0.1) is 0 Å². The number of rotatable bonds is 5. The van der Waals surface area contributed by atoms with Crippen LogP contribution >= 0.6 is 0 Å². The van der Waals surface area contributed by atoms with Gasteiger partial charge in [-0.25, -0.2) is 4.98 Å². The summed E-state index contributed by atoms with van der Waals surface area (Å²) < 4.78 is 0. The third kappa shape index (κ3) is 6.45. The number of nitrogens with zero attached hydrogens (tertiary/aromatic N) is 3. The number of carbonyl (C=O) groups is 1. The highest BCUT2D eigenvalue weighted by Gasteiger charge is 2.17. The van der Waals surface area contributed by atoms with E-state index in [9.17, 15) is 4.79 Å². The summed E-state index contributed by atoms with van der Waals surface area (Å²) in [5.41, 5.74) is 3.60. The van der Waals surface area contributed by atoms with Crippen molar-refractivity contribution in [2.24, 2.45) is 4.99 Å². The maximum absolute atomic E-state index is 12.1. The van der Waals surface area contributed by atoms with Crippen LogP contribution in [-0.4, -0.2) is 48.4 Å². The first-order valence-electron chi connectivity index (χ1n) is 10.1. The van der Waals surface area contributed by atoms with Crippen LogP contribution in [0.4, 0.5) is 5.82 Å². The number of benzene rings is 1. The Labute approximate surface area is 172 Å². The molecule has 29 heavy (non-hydrogen) atoms. The van der Waals surface area contributed by atoms with Gasteiger partial charge >= 0.3 is 0 Å². The van der Waals surface area contributed by atoms with E-state index in [4.69, 9.17) is 0 Å². The lowest BCUT2D eigenvalue weighted by Crippen LogP contribution is -2.45. The maximum Gasteiger partial charge on any atom is 0.227 e. The molecule has 0 atom stereocenters. The molecule has 0 radical (unpaired) electrons. The minimum absolute atomic E-state index is 0.0576. The molecule has 1 amide bonds. The highest BCUT2D eigenvalue weighted by molar-refractivity contribution is 5.90. The van der Waals surface area contributed by atoms with E-state index in [1.165, 1.54) is 11.1 Å². The fourth-order valence-electron chi connectivity index (χ4n) is 3.37. The van der Waals surface area contributed by atoms with Crippen molar-refractivity contribution in [1.29, 1.82) is 0 Å². The Hall–Kier alpha value is -3.15. The van der Waals surface area contributed by atoms with Gasteiger partial charge in [0.25, 0.3) is 0 Å². The molecule has 1 aliphatic rings. The number of anilines is 1. The van der Waals surface area contributed by atoms with E-state index in [2.05, 4.69) is 55.9 Å². The van der Waals surface area contributed by atoms with Gasteiger partial charge in [0.05, 0.1) is 0 Å². The minimum Gasteiger partial charge on any atom is -0.356 e. The SMILES string of the molecule is CN=C(NCCC(=O)Nc1cccc(C)n1)N1CCC(=Cc2ccccc2)CC1. The Morgan fingerprint density at radius 1 is 1.14 bits per heavy atom. The molecule has 2 aromatic rings. The summed E-state index contributed by atoms with van der Waals surface area (Å²) in [6, 6.07) is 16.0. The maximum atomic E-state index is 12.1. The zero-order valence-corrected chi connectivity index (χ0v) is 17.2. The first-order valence-corrected chi connectivity index (χ1v) is 10.1. The number of aliphatic imine (C=N–C) groups is 1. The molecule has 1 saturated heterocycles. The number of nitrogens with one attached hydrogen (secondary N) is 2. The summed E-state index contributed by atoms with van der Waals surface area (Å²) >= 11 is 0. The molecule has 0 unspecified atom stereocenters. The average molecular weight is 392 g/mol. The number of guanidine groups is 1. The van der Waals surface area contributed by atoms with E-state index in [0.717, 1.165) is 37.6 Å². The van der Waals surface area contributed by atoms with Crippen LogP contribution in [-0.2, 0) is 4.79 Å². The highest BCUT2D eigenvalue weighted by atomic mass is 16.1. The molecule has 1 aromatic heterocycles. The monoisotopic (exact) mass is 391 g/mol. The molecular formula is C23H29N5O. The first-order chi connectivity index (χ1) is 14.1. The molecule has 0 spiro atoms. The van der Waals surface area contributed by atoms with E-state index < -0.39 is 0 Å². The zero-order chi connectivity index (χ0) is 20.5. The van der Waals surface area contributed by atoms with Gasteiger partial charge in [0.2, 0.25) is 5.91 Å². The third-order valence-electron chi connectivity index (χ3n) is 4.88. The number of amides is 1. The van der Waals surface area contributed by atoms with Crippen LogP contribution in [0.1, 0.15) is 30.5 Å². The largest absolute Gasteiger partial charge is 0.356 e. The highest BCUT2D eigenvalue weighted by Crippen LogP contribution is 2.19. The van der Waals surface area contributed by atoms with Crippen molar-refractivity contribution in [3.8, 4) is 0 Å². The number of carbonyl (C=O) groups excluding carboxylic acids is 1. The number of aromatic nitrogens is 1. The van der Waals surface area contributed by atoms with Crippen LogP contribution in [0.2, 0.25) is 0 Å². The lowest BCUT2D eigenvalue weighted by atomic mass is 10.0. The molecule has 2 N–H and O–H groups in total. The Balaban J connectivity index is 1.43. The molecule has 6 nitrogen and oxygen atoms in total. The van der Waals surface area contributed by atoms with Crippen molar-refractivity contribution >= 4 is 23.8 Å². The van der Waals surface area contributed by atoms with Crippen molar-refractivity contribution in [3.63, 3.8) is 0 Å². The fourth-order valence-corrected chi connectivity index (χ4v) is 3.37. The van der Waals surface area contributed by atoms with Gasteiger partial charge in [0, 0.05) is 38.8 Å². The van der Waals surface area contributed by atoms with Crippen LogP contribution in [0.25, 0.3) is 6.08 Å². The van der Waals surface area contributed by atoms with E-state index in [1.807, 2.05) is 25.1 Å². The molecule has 1 aromatic carbocycles. The number of aryl methyl sites for hydroxylation is 1. The minimum atomic E-state index is -0.0576. The van der Waals surface area contributed by atoms with Crippen molar-refractivity contribution in [2.75, 3.05) is 32.0 Å². The molecule has 2 heterocycles. The Bertz CT molecular complexity index is 866. The molecule has 0 saturated carbocycles. The summed E-state index contributed by atoms with van der Waals surface area (Å²) in [5.74, 6) is 1.39. The molecule has 6 heteroatoms. The second-order valence-electron chi connectivity index (χ2n) is 7.14. The summed E-state index contributed by atoms with van der Waals surface area (Å²) in [5, 5.41) is 6.14. The van der Waals surface area contributed by atoms with Gasteiger partial charge in [-0.1, -0.05) is 48.0 Å². The number of hydrogen-bond donors (Lipinski definition) is 2. The van der Waals surface area contributed by atoms with Crippen LogP contribution in [0.15, 0.2) is 59.1 Å². The number of likely N-dealkylation sites (tertiary alicyclic amines) is 1. The summed E-state index contributed by atoms with van der Waals surface area (Å²) in [7, 11) is 1.79. The molecule has 1 fully saturated rings. The van der Waals surface area contributed by atoms with Crippen LogP contribution in [0, 0.1) is 6.92 Å². The van der Waals surface area contributed by atoms with Crippen LogP contribution < -0.4 is 10.6 Å². The van der Waals surface area contributed by atoms with Crippen molar-refractivity contribution < 1.29 is 4.79 Å². The molecule has 0 bridgehead atoms. The van der Waals surface area contributed by atoms with Crippen LogP contribution in [0.3, 0.4) is 0 Å². The molecule has 3 rings (SSSR count). The Morgan fingerprint density at radius 2 is 1.90 bits per heavy atom. The summed E-state index contributed by atoms with van der Waals surface area (Å²) in [4.78, 5) is 23.1. The normalized spacial score (nSPS) is 14.5. The number of pyridine rings is 1. The van der Waals surface area contributed by atoms with Gasteiger partial charge < -0.3 is 15.5 Å². The fraction of sp³-hybridized carbons (Fsp3) is 0.348. The van der Waals surface area contributed by atoms with Gasteiger partial charge in [-0.3, -0.25) is 9.79 Å². The lowest BCUT2D eigenvalue weighted by Gasteiger charge is -2.31. The van der Waals surface area contributed by atoms with Crippen molar-refractivity contribution in [2.45, 2.75) is 26.2 Å². The van der Waals surface area contributed by atoms with E-state index in [1.54, 1.807) is 13.1 Å². The number of piperidine rings is 1. The van der Waals surface area contributed by atoms with Crippen molar-refractivity contribution in [3.05, 3.63) is 65.4 Å². The standard InChI is InChI=1S/C23H29N5O/c1-18-7-6-10-21(26-18)27-22(29)11-14-25-23(24-2)28-15-12-20(13-16-28)17-19-8-4-3-5-9-19/h3-10,17H,11-16H2,1-2H3,(H,24,25)(H,26,27,29). The van der Waals surface area contributed by atoms with E-state index in [-0.39, 0.29) is 5.91 Å². The van der Waals surface area contributed by atoms with E-state index >= 15 is 0 Å². The second-order valence-corrected chi connectivity index (χ2v) is 7.14.